The fourth-order valence-electron chi connectivity index (χ4n) is 2.36. The van der Waals surface area contributed by atoms with E-state index in [-0.39, 0.29) is 5.41 Å². The van der Waals surface area contributed by atoms with Gasteiger partial charge in [0.05, 0.1) is 10.2 Å². The maximum absolute atomic E-state index is 4.84. The molecule has 21 heavy (non-hydrogen) atoms. The Bertz CT molecular complexity index is 490. The molecule has 0 unspecified atom stereocenters. The number of aromatic nitrogens is 2. The van der Waals surface area contributed by atoms with E-state index in [0.717, 1.165) is 54.7 Å². The molecule has 1 aliphatic rings. The van der Waals surface area contributed by atoms with Gasteiger partial charge < -0.3 is 15.1 Å². The average molecular weight is 356 g/mol. The summed E-state index contributed by atoms with van der Waals surface area (Å²) in [6.07, 6.45) is 0. The number of halogens is 1. The lowest BCUT2D eigenvalue weighted by Crippen LogP contribution is -2.45. The number of piperazine rings is 1. The number of hydrogen-bond acceptors (Lipinski definition) is 5. The van der Waals surface area contributed by atoms with Gasteiger partial charge in [-0.05, 0) is 29.9 Å². The second-order valence-electron chi connectivity index (χ2n) is 6.61. The summed E-state index contributed by atoms with van der Waals surface area (Å²) in [6, 6.07) is 0. The molecular weight excluding hydrogens is 330 g/mol. The molecule has 6 heteroatoms. The van der Waals surface area contributed by atoms with Crippen molar-refractivity contribution < 1.29 is 0 Å². The van der Waals surface area contributed by atoms with E-state index in [1.54, 1.807) is 0 Å². The molecular formula is C15H26BrN5. The zero-order valence-corrected chi connectivity index (χ0v) is 15.3. The van der Waals surface area contributed by atoms with Crippen LogP contribution in [0.3, 0.4) is 0 Å². The van der Waals surface area contributed by atoms with Gasteiger partial charge in [-0.15, -0.1) is 0 Å². The summed E-state index contributed by atoms with van der Waals surface area (Å²) in [6.45, 7) is 13.6. The zero-order valence-electron chi connectivity index (χ0n) is 13.7. The van der Waals surface area contributed by atoms with Crippen LogP contribution in [0.4, 0.5) is 11.8 Å². The fraction of sp³-hybridized carbons (Fsp3) is 0.733. The van der Waals surface area contributed by atoms with Gasteiger partial charge in [0.25, 0.3) is 0 Å². The number of nitrogens with one attached hydrogen (secondary N) is 1. The van der Waals surface area contributed by atoms with Crippen LogP contribution in [-0.2, 0) is 5.41 Å². The van der Waals surface area contributed by atoms with Gasteiger partial charge in [0.1, 0.15) is 5.82 Å². The zero-order chi connectivity index (χ0) is 15.6. The Kier molecular flexibility index (Phi) is 5.09. The molecule has 1 saturated heterocycles. The molecule has 1 aromatic rings. The first kappa shape index (κ1) is 16.5. The SMILES string of the molecule is CCNc1nc(N2CCN(C)CC2)nc(C(C)(C)C)c1Br. The van der Waals surface area contributed by atoms with Crippen molar-refractivity contribution in [1.82, 2.24) is 14.9 Å². The molecule has 1 fully saturated rings. The molecule has 2 rings (SSSR count). The van der Waals surface area contributed by atoms with E-state index >= 15 is 0 Å². The summed E-state index contributed by atoms with van der Waals surface area (Å²) in [5.74, 6) is 1.73. The summed E-state index contributed by atoms with van der Waals surface area (Å²) in [4.78, 5) is 14.2. The highest BCUT2D eigenvalue weighted by Gasteiger charge is 2.25. The minimum absolute atomic E-state index is 0.0206. The third kappa shape index (κ3) is 3.86. The Hall–Kier alpha value is -0.880. The molecule has 0 atom stereocenters. The highest BCUT2D eigenvalue weighted by molar-refractivity contribution is 9.10. The van der Waals surface area contributed by atoms with Crippen molar-refractivity contribution >= 4 is 27.7 Å². The summed E-state index contributed by atoms with van der Waals surface area (Å²) < 4.78 is 0.981. The van der Waals surface area contributed by atoms with Crippen LogP contribution in [-0.4, -0.2) is 54.6 Å². The molecule has 0 bridgehead atoms. The molecule has 2 heterocycles. The quantitative estimate of drug-likeness (QED) is 0.902. The van der Waals surface area contributed by atoms with Crippen molar-refractivity contribution in [3.63, 3.8) is 0 Å². The van der Waals surface area contributed by atoms with Gasteiger partial charge in [-0.3, -0.25) is 0 Å². The Morgan fingerprint density at radius 1 is 1.14 bits per heavy atom. The number of likely N-dealkylation sites (N-methyl/N-ethyl adjacent to an activating group) is 1. The largest absolute Gasteiger partial charge is 0.369 e. The molecule has 0 saturated carbocycles. The molecule has 0 radical (unpaired) electrons. The topological polar surface area (TPSA) is 44.3 Å². The lowest BCUT2D eigenvalue weighted by molar-refractivity contribution is 0.311. The summed E-state index contributed by atoms with van der Waals surface area (Å²) in [5, 5.41) is 3.34. The monoisotopic (exact) mass is 355 g/mol. The average Bonchev–Trinajstić information content (AvgIpc) is 2.41. The molecule has 1 aromatic heterocycles. The van der Waals surface area contributed by atoms with Crippen molar-refractivity contribution in [2.75, 3.05) is 50.0 Å². The van der Waals surface area contributed by atoms with E-state index in [0.29, 0.717) is 0 Å². The minimum Gasteiger partial charge on any atom is -0.369 e. The summed E-state index contributed by atoms with van der Waals surface area (Å²) in [5.41, 5.74) is 1.04. The van der Waals surface area contributed by atoms with Crippen LogP contribution in [0.2, 0.25) is 0 Å². The Morgan fingerprint density at radius 2 is 1.76 bits per heavy atom. The first-order valence-corrected chi connectivity index (χ1v) is 8.37. The smallest absolute Gasteiger partial charge is 0.227 e. The first-order chi connectivity index (χ1) is 9.82. The number of anilines is 2. The normalized spacial score (nSPS) is 17.1. The van der Waals surface area contributed by atoms with Crippen molar-refractivity contribution in [1.29, 1.82) is 0 Å². The van der Waals surface area contributed by atoms with E-state index in [1.807, 2.05) is 0 Å². The van der Waals surface area contributed by atoms with E-state index in [9.17, 15) is 0 Å². The lowest BCUT2D eigenvalue weighted by Gasteiger charge is -2.33. The standard InChI is InChI=1S/C15H26BrN5/c1-6-17-13-11(16)12(15(2,3)4)18-14(19-13)21-9-7-20(5)8-10-21/h6-10H2,1-5H3,(H,17,18,19). The predicted molar refractivity (Wildman–Crippen MR) is 92.3 cm³/mol. The predicted octanol–water partition coefficient (Wildman–Crippen LogP) is 2.72. The van der Waals surface area contributed by atoms with Gasteiger partial charge in [0.15, 0.2) is 0 Å². The van der Waals surface area contributed by atoms with Gasteiger partial charge >= 0.3 is 0 Å². The van der Waals surface area contributed by atoms with Gasteiger partial charge in [-0.25, -0.2) is 4.98 Å². The van der Waals surface area contributed by atoms with Gasteiger partial charge in [0.2, 0.25) is 5.95 Å². The van der Waals surface area contributed by atoms with Crippen molar-refractivity contribution in [2.45, 2.75) is 33.1 Å². The van der Waals surface area contributed by atoms with Crippen molar-refractivity contribution in [3.8, 4) is 0 Å². The van der Waals surface area contributed by atoms with Crippen LogP contribution in [0.25, 0.3) is 0 Å². The van der Waals surface area contributed by atoms with Gasteiger partial charge in [-0.1, -0.05) is 20.8 Å². The molecule has 0 aliphatic carbocycles. The molecule has 0 amide bonds. The van der Waals surface area contributed by atoms with Crippen LogP contribution in [0.1, 0.15) is 33.4 Å². The third-order valence-corrected chi connectivity index (χ3v) is 4.43. The second-order valence-corrected chi connectivity index (χ2v) is 7.40. The maximum atomic E-state index is 4.84. The van der Waals surface area contributed by atoms with E-state index in [1.165, 1.54) is 0 Å². The van der Waals surface area contributed by atoms with Crippen molar-refractivity contribution in [3.05, 3.63) is 10.2 Å². The van der Waals surface area contributed by atoms with E-state index < -0.39 is 0 Å². The van der Waals surface area contributed by atoms with Crippen LogP contribution < -0.4 is 10.2 Å². The molecule has 118 valence electrons. The Labute approximate surface area is 136 Å². The van der Waals surface area contributed by atoms with Gasteiger partial charge in [-0.2, -0.15) is 4.98 Å². The Balaban J connectivity index is 2.39. The van der Waals surface area contributed by atoms with Crippen LogP contribution in [0.15, 0.2) is 4.47 Å². The lowest BCUT2D eigenvalue weighted by atomic mass is 9.92. The minimum atomic E-state index is -0.0206. The molecule has 0 spiro atoms. The van der Waals surface area contributed by atoms with Crippen LogP contribution >= 0.6 is 15.9 Å². The summed E-state index contributed by atoms with van der Waals surface area (Å²) >= 11 is 3.67. The van der Waals surface area contributed by atoms with E-state index in [2.05, 4.69) is 65.8 Å². The molecule has 0 aromatic carbocycles. The van der Waals surface area contributed by atoms with Crippen molar-refractivity contribution in [2.24, 2.45) is 0 Å². The molecule has 5 nitrogen and oxygen atoms in total. The third-order valence-electron chi connectivity index (χ3n) is 3.68. The molecule has 1 aliphatic heterocycles. The number of nitrogens with zero attached hydrogens (tertiary/aromatic N) is 4. The first-order valence-electron chi connectivity index (χ1n) is 7.58. The van der Waals surface area contributed by atoms with E-state index in [4.69, 9.17) is 9.97 Å². The van der Waals surface area contributed by atoms with Gasteiger partial charge in [0, 0.05) is 38.1 Å². The van der Waals surface area contributed by atoms with Crippen LogP contribution in [0.5, 0.6) is 0 Å². The highest BCUT2D eigenvalue weighted by atomic mass is 79.9. The number of hydrogen-bond donors (Lipinski definition) is 1. The second kappa shape index (κ2) is 6.48. The maximum Gasteiger partial charge on any atom is 0.227 e. The highest BCUT2D eigenvalue weighted by Crippen LogP contribution is 2.34. The van der Waals surface area contributed by atoms with Crippen LogP contribution in [0, 0.1) is 0 Å². The Morgan fingerprint density at radius 3 is 2.29 bits per heavy atom. The summed E-state index contributed by atoms with van der Waals surface area (Å²) in [7, 11) is 2.16. The molecule has 1 N–H and O–H groups in total. The fourth-order valence-corrected chi connectivity index (χ4v) is 3.28. The number of rotatable bonds is 3.